The molecule has 1 heterocycles. The minimum Gasteiger partial charge on any atom is -0.489 e. The van der Waals surface area contributed by atoms with E-state index in [0.29, 0.717) is 23.4 Å². The van der Waals surface area contributed by atoms with Crippen molar-refractivity contribution in [3.05, 3.63) is 65.9 Å². The number of aromatic nitrogens is 1. The van der Waals surface area contributed by atoms with Crippen molar-refractivity contribution in [3.8, 4) is 5.75 Å². The van der Waals surface area contributed by atoms with Gasteiger partial charge >= 0.3 is 6.09 Å². The monoisotopic (exact) mass is 353 g/mol. The highest BCUT2D eigenvalue weighted by atomic mass is 16.6. The van der Waals surface area contributed by atoms with Gasteiger partial charge in [-0.2, -0.15) is 0 Å². The van der Waals surface area contributed by atoms with Gasteiger partial charge in [-0.05, 0) is 44.5 Å². The molecule has 0 amide bonds. The standard InChI is InChI=1S/C21H23NO4/c1-21(2,3)26-20(24)22-12-16(13-23)18-11-17(9-10-19(18)22)25-14-15-7-5-4-6-8-15/h4-12,23H,13-14H2,1-3H3. The van der Waals surface area contributed by atoms with Crippen molar-refractivity contribution in [2.45, 2.75) is 39.6 Å². The molecule has 0 aliphatic heterocycles. The van der Waals surface area contributed by atoms with Gasteiger partial charge in [-0.3, -0.25) is 4.57 Å². The van der Waals surface area contributed by atoms with Crippen LogP contribution in [0.25, 0.3) is 10.9 Å². The van der Waals surface area contributed by atoms with Crippen molar-refractivity contribution in [2.75, 3.05) is 0 Å². The quantitative estimate of drug-likeness (QED) is 0.750. The average molecular weight is 353 g/mol. The number of hydrogen-bond acceptors (Lipinski definition) is 4. The predicted molar refractivity (Wildman–Crippen MR) is 100 cm³/mol. The fourth-order valence-corrected chi connectivity index (χ4v) is 2.70. The summed E-state index contributed by atoms with van der Waals surface area (Å²) in [5.74, 6) is 0.679. The van der Waals surface area contributed by atoms with Gasteiger partial charge in [0.2, 0.25) is 0 Å². The van der Waals surface area contributed by atoms with Gasteiger partial charge in [0, 0.05) is 17.1 Å². The molecule has 0 atom stereocenters. The number of nitrogens with zero attached hydrogens (tertiary/aromatic N) is 1. The largest absolute Gasteiger partial charge is 0.489 e. The number of ether oxygens (including phenoxy) is 2. The lowest BCUT2D eigenvalue weighted by molar-refractivity contribution is 0.0544. The van der Waals surface area contributed by atoms with Crippen LogP contribution in [0.4, 0.5) is 4.79 Å². The second-order valence-electron chi connectivity index (χ2n) is 7.12. The molecule has 1 aromatic heterocycles. The van der Waals surface area contributed by atoms with Gasteiger partial charge in [0.1, 0.15) is 18.0 Å². The number of fused-ring (bicyclic) bond motifs is 1. The Labute approximate surface area is 152 Å². The van der Waals surface area contributed by atoms with Crippen LogP contribution in [0.1, 0.15) is 31.9 Å². The highest BCUT2D eigenvalue weighted by Crippen LogP contribution is 2.27. The lowest BCUT2D eigenvalue weighted by Gasteiger charge is -2.19. The molecule has 0 spiro atoms. The average Bonchev–Trinajstić information content (AvgIpc) is 2.97. The predicted octanol–water partition coefficient (Wildman–Crippen LogP) is 4.50. The van der Waals surface area contributed by atoms with Crippen molar-refractivity contribution in [2.24, 2.45) is 0 Å². The third-order valence-electron chi connectivity index (χ3n) is 3.87. The maximum Gasteiger partial charge on any atom is 0.419 e. The Kier molecular flexibility index (Phi) is 5.00. The molecule has 0 aliphatic carbocycles. The summed E-state index contributed by atoms with van der Waals surface area (Å²) in [6.07, 6.45) is 1.14. The maximum atomic E-state index is 12.4. The number of carbonyl (C=O) groups is 1. The molecule has 3 aromatic rings. The molecule has 2 aromatic carbocycles. The van der Waals surface area contributed by atoms with Crippen LogP contribution in [-0.2, 0) is 18.0 Å². The summed E-state index contributed by atoms with van der Waals surface area (Å²) in [6, 6.07) is 15.3. The fourth-order valence-electron chi connectivity index (χ4n) is 2.70. The SMILES string of the molecule is CC(C)(C)OC(=O)n1cc(CO)c2cc(OCc3ccccc3)ccc21. The van der Waals surface area contributed by atoms with Crippen molar-refractivity contribution in [1.29, 1.82) is 0 Å². The number of rotatable bonds is 4. The second-order valence-corrected chi connectivity index (χ2v) is 7.12. The molecule has 0 bridgehead atoms. The molecule has 0 aliphatic rings. The van der Waals surface area contributed by atoms with E-state index in [2.05, 4.69) is 0 Å². The molecule has 26 heavy (non-hydrogen) atoms. The van der Waals surface area contributed by atoms with Crippen LogP contribution >= 0.6 is 0 Å². The molecule has 0 saturated carbocycles. The molecular formula is C21H23NO4. The first-order valence-corrected chi connectivity index (χ1v) is 8.52. The van der Waals surface area contributed by atoms with Crippen LogP contribution in [0.15, 0.2) is 54.7 Å². The Morgan fingerprint density at radius 1 is 1.12 bits per heavy atom. The Morgan fingerprint density at radius 2 is 1.85 bits per heavy atom. The van der Waals surface area contributed by atoms with E-state index in [-0.39, 0.29) is 6.61 Å². The van der Waals surface area contributed by atoms with Gasteiger partial charge < -0.3 is 14.6 Å². The zero-order valence-corrected chi connectivity index (χ0v) is 15.2. The summed E-state index contributed by atoms with van der Waals surface area (Å²) < 4.78 is 12.7. The molecule has 5 heteroatoms. The van der Waals surface area contributed by atoms with E-state index in [1.54, 1.807) is 12.3 Å². The molecule has 3 rings (SSSR count). The topological polar surface area (TPSA) is 60.7 Å². The zero-order valence-electron chi connectivity index (χ0n) is 15.2. The first-order valence-electron chi connectivity index (χ1n) is 8.52. The van der Waals surface area contributed by atoms with Gasteiger partial charge in [0.05, 0.1) is 12.1 Å². The highest BCUT2D eigenvalue weighted by molar-refractivity contribution is 5.92. The zero-order chi connectivity index (χ0) is 18.7. The number of aliphatic hydroxyl groups is 1. The Bertz CT molecular complexity index is 907. The summed E-state index contributed by atoms with van der Waals surface area (Å²) in [4.78, 5) is 12.4. The fraction of sp³-hybridized carbons (Fsp3) is 0.286. The van der Waals surface area contributed by atoms with Crippen molar-refractivity contribution >= 4 is 17.0 Å². The summed E-state index contributed by atoms with van der Waals surface area (Å²) in [5, 5.41) is 10.4. The van der Waals surface area contributed by atoms with Crippen LogP contribution in [0.2, 0.25) is 0 Å². The van der Waals surface area contributed by atoms with Gasteiger partial charge in [-0.25, -0.2) is 4.79 Å². The first kappa shape index (κ1) is 18.0. The van der Waals surface area contributed by atoms with Crippen LogP contribution in [-0.4, -0.2) is 21.4 Å². The smallest absolute Gasteiger partial charge is 0.419 e. The first-order chi connectivity index (χ1) is 12.4. The third kappa shape index (κ3) is 4.06. The van der Waals surface area contributed by atoms with Crippen LogP contribution < -0.4 is 4.74 Å². The number of aliphatic hydroxyl groups excluding tert-OH is 1. The van der Waals surface area contributed by atoms with Crippen LogP contribution in [0.3, 0.4) is 0 Å². The van der Waals surface area contributed by atoms with Gasteiger partial charge in [-0.1, -0.05) is 30.3 Å². The molecule has 0 unspecified atom stereocenters. The lowest BCUT2D eigenvalue weighted by Crippen LogP contribution is -2.26. The van der Waals surface area contributed by atoms with Gasteiger partial charge in [0.25, 0.3) is 0 Å². The lowest BCUT2D eigenvalue weighted by atomic mass is 10.2. The molecule has 0 fully saturated rings. The van der Waals surface area contributed by atoms with Crippen molar-refractivity contribution < 1.29 is 19.4 Å². The van der Waals surface area contributed by atoms with E-state index < -0.39 is 11.7 Å². The van der Waals surface area contributed by atoms with E-state index in [9.17, 15) is 9.90 Å². The number of carbonyl (C=O) groups excluding carboxylic acids is 1. The van der Waals surface area contributed by atoms with E-state index >= 15 is 0 Å². The molecule has 0 radical (unpaired) electrons. The van der Waals surface area contributed by atoms with E-state index in [1.165, 1.54) is 4.57 Å². The van der Waals surface area contributed by atoms with Crippen molar-refractivity contribution in [1.82, 2.24) is 4.57 Å². The van der Waals surface area contributed by atoms with Crippen LogP contribution in [0, 0.1) is 0 Å². The molecule has 136 valence electrons. The van der Waals surface area contributed by atoms with E-state index in [1.807, 2.05) is 63.2 Å². The van der Waals surface area contributed by atoms with Gasteiger partial charge in [-0.15, -0.1) is 0 Å². The second kappa shape index (κ2) is 7.22. The molecule has 5 nitrogen and oxygen atoms in total. The minimum atomic E-state index is -0.591. The minimum absolute atomic E-state index is 0.172. The number of hydrogen-bond donors (Lipinski definition) is 1. The maximum absolute atomic E-state index is 12.4. The summed E-state index contributed by atoms with van der Waals surface area (Å²) in [5.41, 5.74) is 1.80. The summed E-state index contributed by atoms with van der Waals surface area (Å²) in [7, 11) is 0. The van der Waals surface area contributed by atoms with Gasteiger partial charge in [0.15, 0.2) is 0 Å². The summed E-state index contributed by atoms with van der Waals surface area (Å²) in [6.45, 7) is 5.74. The number of benzene rings is 2. The highest BCUT2D eigenvalue weighted by Gasteiger charge is 2.20. The van der Waals surface area contributed by atoms with E-state index in [0.717, 1.165) is 10.9 Å². The third-order valence-corrected chi connectivity index (χ3v) is 3.87. The molecular weight excluding hydrogens is 330 g/mol. The van der Waals surface area contributed by atoms with Crippen molar-refractivity contribution in [3.63, 3.8) is 0 Å². The van der Waals surface area contributed by atoms with Crippen LogP contribution in [0.5, 0.6) is 5.75 Å². The Balaban J connectivity index is 1.88. The Morgan fingerprint density at radius 3 is 2.50 bits per heavy atom. The Hall–Kier alpha value is -2.79. The normalized spacial score (nSPS) is 11.5. The van der Waals surface area contributed by atoms with E-state index in [4.69, 9.17) is 9.47 Å². The molecule has 1 N–H and O–H groups in total. The molecule has 0 saturated heterocycles. The summed E-state index contributed by atoms with van der Waals surface area (Å²) >= 11 is 0.